The number of hydrogen-bond acceptors (Lipinski definition) is 4. The number of likely N-dealkylation sites (N-methyl/N-ethyl adjacent to an activating group) is 1. The highest BCUT2D eigenvalue weighted by Crippen LogP contribution is 2.17. The molecule has 2 rings (SSSR count). The van der Waals surface area contributed by atoms with E-state index in [1.165, 1.54) is 6.26 Å². The molecule has 1 fully saturated rings. The van der Waals surface area contributed by atoms with Gasteiger partial charge >= 0.3 is 5.97 Å². The molecule has 1 aromatic heterocycles. The second kappa shape index (κ2) is 4.89. The number of carboxylic acid groups (broad SMARTS) is 1. The van der Waals surface area contributed by atoms with Crippen LogP contribution in [-0.2, 0) is 6.54 Å². The van der Waals surface area contributed by atoms with Crippen LogP contribution in [0.25, 0.3) is 0 Å². The minimum absolute atomic E-state index is 0.225. The topological polar surface area (TPSA) is 56.9 Å². The molecule has 0 bridgehead atoms. The van der Waals surface area contributed by atoms with Gasteiger partial charge in [0.1, 0.15) is 12.0 Å². The van der Waals surface area contributed by atoms with Crippen molar-refractivity contribution in [2.24, 2.45) is 0 Å². The molecule has 1 aliphatic heterocycles. The highest BCUT2D eigenvalue weighted by molar-refractivity contribution is 5.87. The summed E-state index contributed by atoms with van der Waals surface area (Å²) in [6, 6.07) is 2.19. The summed E-state index contributed by atoms with van der Waals surface area (Å²) in [5.41, 5.74) is 0.225. The first-order valence-electron chi connectivity index (χ1n) is 5.75. The van der Waals surface area contributed by atoms with Crippen LogP contribution in [-0.4, -0.2) is 54.1 Å². The van der Waals surface area contributed by atoms with Crippen molar-refractivity contribution < 1.29 is 14.3 Å². The number of carboxylic acids is 1. The zero-order chi connectivity index (χ0) is 12.4. The van der Waals surface area contributed by atoms with E-state index in [4.69, 9.17) is 9.52 Å². The molecule has 2 heterocycles. The molecular weight excluding hydrogens is 220 g/mol. The fourth-order valence-electron chi connectivity index (χ4n) is 2.17. The van der Waals surface area contributed by atoms with Crippen molar-refractivity contribution in [2.75, 3.05) is 27.2 Å². The van der Waals surface area contributed by atoms with Gasteiger partial charge in [0, 0.05) is 19.1 Å². The number of carbonyl (C=O) groups is 1. The van der Waals surface area contributed by atoms with E-state index in [1.807, 2.05) is 0 Å². The predicted octanol–water partition coefficient (Wildman–Crippen LogP) is 1.11. The normalized spacial score (nSPS) is 21.2. The standard InChI is InChI=1S/C12H18N2O3/c1-13(2)10-3-4-14(6-10)7-11-5-9(8-17-11)12(15)16/h5,8,10H,3-4,6-7H2,1-2H3,(H,15,16). The van der Waals surface area contributed by atoms with Crippen molar-refractivity contribution in [3.05, 3.63) is 23.7 Å². The summed E-state index contributed by atoms with van der Waals surface area (Å²) in [4.78, 5) is 15.2. The summed E-state index contributed by atoms with van der Waals surface area (Å²) in [7, 11) is 4.17. The van der Waals surface area contributed by atoms with Crippen LogP contribution in [0.3, 0.4) is 0 Å². The molecule has 0 aliphatic carbocycles. The van der Waals surface area contributed by atoms with Crippen molar-refractivity contribution in [2.45, 2.75) is 19.0 Å². The summed E-state index contributed by atoms with van der Waals surface area (Å²) < 4.78 is 5.25. The Balaban J connectivity index is 1.91. The lowest BCUT2D eigenvalue weighted by atomic mass is 10.2. The van der Waals surface area contributed by atoms with Crippen LogP contribution in [0.2, 0.25) is 0 Å². The molecular formula is C12H18N2O3. The highest BCUT2D eigenvalue weighted by atomic mass is 16.4. The van der Waals surface area contributed by atoms with E-state index in [9.17, 15) is 4.79 Å². The Labute approximate surface area is 101 Å². The smallest absolute Gasteiger partial charge is 0.338 e. The van der Waals surface area contributed by atoms with E-state index in [0.29, 0.717) is 12.6 Å². The Hall–Kier alpha value is -1.33. The van der Waals surface area contributed by atoms with E-state index in [2.05, 4.69) is 23.9 Å². The molecule has 5 nitrogen and oxygen atoms in total. The molecule has 1 saturated heterocycles. The van der Waals surface area contributed by atoms with Gasteiger partial charge in [-0.25, -0.2) is 4.79 Å². The Bertz CT molecular complexity index is 400. The number of nitrogens with zero attached hydrogens (tertiary/aromatic N) is 2. The van der Waals surface area contributed by atoms with Crippen LogP contribution in [0.5, 0.6) is 0 Å². The average Bonchev–Trinajstić information content (AvgIpc) is 2.87. The van der Waals surface area contributed by atoms with Crippen molar-refractivity contribution in [3.63, 3.8) is 0 Å². The molecule has 1 aliphatic rings. The monoisotopic (exact) mass is 238 g/mol. The molecule has 17 heavy (non-hydrogen) atoms. The molecule has 0 radical (unpaired) electrons. The first kappa shape index (κ1) is 12.1. The second-order valence-electron chi connectivity index (χ2n) is 4.75. The van der Waals surface area contributed by atoms with E-state index in [0.717, 1.165) is 25.3 Å². The molecule has 0 saturated carbocycles. The van der Waals surface area contributed by atoms with E-state index in [-0.39, 0.29) is 5.56 Å². The summed E-state index contributed by atoms with van der Waals surface area (Å²) in [6.07, 6.45) is 2.46. The summed E-state index contributed by atoms with van der Waals surface area (Å²) in [5.74, 6) is -0.214. The van der Waals surface area contributed by atoms with Crippen molar-refractivity contribution in [1.29, 1.82) is 0 Å². The van der Waals surface area contributed by atoms with Crippen LogP contribution in [0, 0.1) is 0 Å². The van der Waals surface area contributed by atoms with Gasteiger partial charge in [0.25, 0.3) is 0 Å². The lowest BCUT2D eigenvalue weighted by molar-refractivity contribution is 0.0696. The van der Waals surface area contributed by atoms with Gasteiger partial charge in [0.05, 0.1) is 12.1 Å². The van der Waals surface area contributed by atoms with Crippen molar-refractivity contribution >= 4 is 5.97 Å². The highest BCUT2D eigenvalue weighted by Gasteiger charge is 2.24. The van der Waals surface area contributed by atoms with Gasteiger partial charge in [-0.15, -0.1) is 0 Å². The van der Waals surface area contributed by atoms with Crippen LogP contribution >= 0.6 is 0 Å². The number of furan rings is 1. The molecule has 94 valence electrons. The Morgan fingerprint density at radius 2 is 2.41 bits per heavy atom. The molecule has 1 N–H and O–H groups in total. The third-order valence-electron chi connectivity index (χ3n) is 3.26. The maximum Gasteiger partial charge on any atom is 0.338 e. The average molecular weight is 238 g/mol. The first-order valence-corrected chi connectivity index (χ1v) is 5.75. The summed E-state index contributed by atoms with van der Waals surface area (Å²) in [6.45, 7) is 2.74. The summed E-state index contributed by atoms with van der Waals surface area (Å²) >= 11 is 0. The number of rotatable bonds is 4. The maximum absolute atomic E-state index is 10.7. The number of aromatic carboxylic acids is 1. The van der Waals surface area contributed by atoms with Gasteiger partial charge in [-0.05, 0) is 26.6 Å². The van der Waals surface area contributed by atoms with Gasteiger partial charge in [-0.2, -0.15) is 0 Å². The fourth-order valence-corrected chi connectivity index (χ4v) is 2.17. The summed E-state index contributed by atoms with van der Waals surface area (Å²) in [5, 5.41) is 8.79. The van der Waals surface area contributed by atoms with E-state index >= 15 is 0 Å². The third kappa shape index (κ3) is 2.87. The maximum atomic E-state index is 10.7. The van der Waals surface area contributed by atoms with Gasteiger partial charge in [0.2, 0.25) is 0 Å². The van der Waals surface area contributed by atoms with Crippen LogP contribution in [0.1, 0.15) is 22.5 Å². The number of hydrogen-bond donors (Lipinski definition) is 1. The second-order valence-corrected chi connectivity index (χ2v) is 4.75. The minimum Gasteiger partial charge on any atom is -0.478 e. The van der Waals surface area contributed by atoms with Gasteiger partial charge in [0.15, 0.2) is 0 Å². The fraction of sp³-hybridized carbons (Fsp3) is 0.583. The van der Waals surface area contributed by atoms with Gasteiger partial charge < -0.3 is 14.4 Å². The zero-order valence-electron chi connectivity index (χ0n) is 10.2. The quantitative estimate of drug-likeness (QED) is 0.851. The van der Waals surface area contributed by atoms with Crippen LogP contribution in [0.15, 0.2) is 16.7 Å². The molecule has 0 spiro atoms. The molecule has 0 aromatic carbocycles. The number of likely N-dealkylation sites (tertiary alicyclic amines) is 1. The first-order chi connectivity index (χ1) is 8.06. The molecule has 0 amide bonds. The minimum atomic E-state index is -0.937. The van der Waals surface area contributed by atoms with Crippen LogP contribution in [0.4, 0.5) is 0 Å². The SMILES string of the molecule is CN(C)C1CCN(Cc2cc(C(=O)O)co2)C1. The van der Waals surface area contributed by atoms with E-state index < -0.39 is 5.97 Å². The lowest BCUT2D eigenvalue weighted by Crippen LogP contribution is -2.31. The molecule has 5 heteroatoms. The Morgan fingerprint density at radius 1 is 1.65 bits per heavy atom. The van der Waals surface area contributed by atoms with Crippen molar-refractivity contribution in [3.8, 4) is 0 Å². The Kier molecular flexibility index (Phi) is 3.49. The van der Waals surface area contributed by atoms with Crippen molar-refractivity contribution in [1.82, 2.24) is 9.80 Å². The van der Waals surface area contributed by atoms with Gasteiger partial charge in [-0.1, -0.05) is 0 Å². The molecule has 1 aromatic rings. The predicted molar refractivity (Wildman–Crippen MR) is 63.0 cm³/mol. The van der Waals surface area contributed by atoms with Crippen LogP contribution < -0.4 is 0 Å². The lowest BCUT2D eigenvalue weighted by Gasteiger charge is -2.19. The Morgan fingerprint density at radius 3 is 2.94 bits per heavy atom. The third-order valence-corrected chi connectivity index (χ3v) is 3.26. The largest absolute Gasteiger partial charge is 0.478 e. The van der Waals surface area contributed by atoms with Gasteiger partial charge in [-0.3, -0.25) is 4.90 Å². The molecule has 1 atom stereocenters. The molecule has 1 unspecified atom stereocenters. The zero-order valence-corrected chi connectivity index (χ0v) is 10.2. The van der Waals surface area contributed by atoms with E-state index in [1.54, 1.807) is 6.07 Å².